The molecular weight excluding hydrogens is 441 g/mol. The molecule has 0 radical (unpaired) electrons. The van der Waals surface area contributed by atoms with Crippen molar-refractivity contribution in [3.8, 4) is 11.3 Å². The van der Waals surface area contributed by atoms with E-state index in [4.69, 9.17) is 4.74 Å². The van der Waals surface area contributed by atoms with E-state index in [0.717, 1.165) is 23.5 Å². The van der Waals surface area contributed by atoms with Crippen LogP contribution in [-0.4, -0.2) is 32.6 Å². The van der Waals surface area contributed by atoms with Gasteiger partial charge < -0.3 is 9.72 Å². The molecule has 0 saturated carbocycles. The van der Waals surface area contributed by atoms with E-state index in [1.807, 2.05) is 31.9 Å². The van der Waals surface area contributed by atoms with Gasteiger partial charge in [0.25, 0.3) is 0 Å². The number of imidazole rings is 1. The number of ether oxygens (including phenoxy) is 1. The highest BCUT2D eigenvalue weighted by atomic mass is 127. The largest absolute Gasteiger partial charge is 0.444 e. The fourth-order valence-electron chi connectivity index (χ4n) is 3.35. The summed E-state index contributed by atoms with van der Waals surface area (Å²) < 4.78 is 6.84. The Hall–Kier alpha value is -1.57. The Morgan fingerprint density at radius 3 is 2.54 bits per heavy atom. The van der Waals surface area contributed by atoms with Crippen LogP contribution in [0.25, 0.3) is 11.3 Å². The topological polar surface area (TPSA) is 58.2 Å². The summed E-state index contributed by atoms with van der Waals surface area (Å²) in [6.45, 7) is 9.94. The van der Waals surface area contributed by atoms with Gasteiger partial charge in [0, 0.05) is 9.61 Å². The second-order valence-electron chi connectivity index (χ2n) is 8.05. The lowest BCUT2D eigenvalue weighted by atomic mass is 10.0. The van der Waals surface area contributed by atoms with Crippen molar-refractivity contribution in [1.29, 1.82) is 0 Å². The van der Waals surface area contributed by atoms with Crippen molar-refractivity contribution in [1.82, 2.24) is 14.9 Å². The molecule has 1 amide bonds. The molecule has 1 aromatic carbocycles. The van der Waals surface area contributed by atoms with Crippen molar-refractivity contribution in [2.45, 2.75) is 58.7 Å². The van der Waals surface area contributed by atoms with E-state index in [9.17, 15) is 4.79 Å². The van der Waals surface area contributed by atoms with Crippen molar-refractivity contribution in [2.24, 2.45) is 5.92 Å². The van der Waals surface area contributed by atoms with Crippen molar-refractivity contribution >= 4 is 28.7 Å². The van der Waals surface area contributed by atoms with Gasteiger partial charge in [-0.2, -0.15) is 0 Å². The predicted octanol–water partition coefficient (Wildman–Crippen LogP) is 5.39. The summed E-state index contributed by atoms with van der Waals surface area (Å²) in [4.78, 5) is 22.6. The number of H-pyrrole nitrogens is 1. The maximum absolute atomic E-state index is 12.8. The number of likely N-dealkylation sites (tertiary alicyclic amines) is 1. The number of carbonyl (C=O) groups is 1. The number of carbonyl (C=O) groups excluding carboxylic acids is 1. The number of hydrogen-bond acceptors (Lipinski definition) is 3. The Morgan fingerprint density at radius 1 is 1.27 bits per heavy atom. The summed E-state index contributed by atoms with van der Waals surface area (Å²) >= 11 is 2.29. The number of nitrogens with zero attached hydrogens (tertiary/aromatic N) is 2. The molecule has 1 aromatic heterocycles. The summed E-state index contributed by atoms with van der Waals surface area (Å²) in [5.41, 5.74) is 1.54. The Balaban J connectivity index is 1.87. The molecule has 3 rings (SSSR count). The SMILES string of the molecule is C[C@@H]1C[C@@H](c2ncc(-c3ccc(I)cc3)[nH]2)N(C(=O)OC(C)(C)C)[C@@H]1C. The summed E-state index contributed by atoms with van der Waals surface area (Å²) in [6, 6.07) is 8.32. The van der Waals surface area contributed by atoms with Crippen molar-refractivity contribution in [3.63, 3.8) is 0 Å². The fraction of sp³-hybridized carbons (Fsp3) is 0.500. The van der Waals surface area contributed by atoms with Crippen LogP contribution in [0.2, 0.25) is 0 Å². The normalized spacial score (nSPS) is 23.3. The molecule has 26 heavy (non-hydrogen) atoms. The first-order valence-electron chi connectivity index (χ1n) is 8.98. The number of aromatic nitrogens is 2. The number of amides is 1. The van der Waals surface area contributed by atoms with Crippen LogP contribution >= 0.6 is 22.6 Å². The molecule has 0 spiro atoms. The first-order chi connectivity index (χ1) is 12.2. The summed E-state index contributed by atoms with van der Waals surface area (Å²) in [5, 5.41) is 0. The molecule has 140 valence electrons. The van der Waals surface area contributed by atoms with E-state index in [1.165, 1.54) is 3.57 Å². The Labute approximate surface area is 168 Å². The molecule has 2 heterocycles. The summed E-state index contributed by atoms with van der Waals surface area (Å²) in [6.07, 6.45) is 2.45. The van der Waals surface area contributed by atoms with Gasteiger partial charge in [-0.1, -0.05) is 19.1 Å². The zero-order valence-electron chi connectivity index (χ0n) is 15.9. The van der Waals surface area contributed by atoms with Crippen LogP contribution in [0.4, 0.5) is 4.79 Å². The third-order valence-electron chi connectivity index (χ3n) is 4.86. The Kier molecular flexibility index (Phi) is 5.33. The molecule has 1 N–H and O–H groups in total. The molecule has 1 aliphatic rings. The van der Waals surface area contributed by atoms with Crippen LogP contribution in [0, 0.1) is 9.49 Å². The molecule has 2 aromatic rings. The summed E-state index contributed by atoms with van der Waals surface area (Å²) in [7, 11) is 0. The van der Waals surface area contributed by atoms with Crippen LogP contribution in [0.5, 0.6) is 0 Å². The van der Waals surface area contributed by atoms with Crippen LogP contribution in [0.15, 0.2) is 30.5 Å². The van der Waals surface area contributed by atoms with E-state index >= 15 is 0 Å². The quantitative estimate of drug-likeness (QED) is 0.603. The third-order valence-corrected chi connectivity index (χ3v) is 5.58. The third kappa shape index (κ3) is 4.05. The number of nitrogens with one attached hydrogen (secondary N) is 1. The molecule has 0 aliphatic carbocycles. The second kappa shape index (κ2) is 7.21. The van der Waals surface area contributed by atoms with Gasteiger partial charge in [-0.15, -0.1) is 0 Å². The Morgan fingerprint density at radius 2 is 1.92 bits per heavy atom. The first-order valence-corrected chi connectivity index (χ1v) is 10.1. The predicted molar refractivity (Wildman–Crippen MR) is 111 cm³/mol. The lowest BCUT2D eigenvalue weighted by Gasteiger charge is -2.31. The van der Waals surface area contributed by atoms with Crippen LogP contribution in [0.3, 0.4) is 0 Å². The molecule has 3 atom stereocenters. The molecule has 5 nitrogen and oxygen atoms in total. The highest BCUT2D eigenvalue weighted by molar-refractivity contribution is 14.1. The molecule has 0 unspecified atom stereocenters. The molecule has 1 fully saturated rings. The van der Waals surface area contributed by atoms with Gasteiger partial charge >= 0.3 is 6.09 Å². The maximum atomic E-state index is 12.8. The standard InChI is InChI=1S/C20H26IN3O2/c1-12-10-17(24(13(12)2)19(25)26-20(3,4)5)18-22-11-16(23-18)14-6-8-15(21)9-7-14/h6-9,11-13,17H,10H2,1-5H3,(H,22,23)/t12-,13-,17+/m1/s1. The van der Waals surface area contributed by atoms with Crippen molar-refractivity contribution in [3.05, 3.63) is 39.9 Å². The van der Waals surface area contributed by atoms with Gasteiger partial charge in [-0.3, -0.25) is 4.90 Å². The van der Waals surface area contributed by atoms with E-state index in [-0.39, 0.29) is 18.2 Å². The van der Waals surface area contributed by atoms with Crippen molar-refractivity contribution < 1.29 is 9.53 Å². The van der Waals surface area contributed by atoms with Crippen LogP contribution < -0.4 is 0 Å². The van der Waals surface area contributed by atoms with E-state index < -0.39 is 5.60 Å². The minimum absolute atomic E-state index is 0.0903. The van der Waals surface area contributed by atoms with Gasteiger partial charge in [0.05, 0.1) is 17.9 Å². The Bertz CT molecular complexity index is 779. The first kappa shape index (κ1) is 19.2. The smallest absolute Gasteiger partial charge is 0.411 e. The molecule has 1 saturated heterocycles. The van der Waals surface area contributed by atoms with Crippen LogP contribution in [-0.2, 0) is 4.74 Å². The van der Waals surface area contributed by atoms with E-state index in [1.54, 1.807) is 0 Å². The molecule has 6 heteroatoms. The van der Waals surface area contributed by atoms with Gasteiger partial charge in [-0.05, 0) is 80.3 Å². The van der Waals surface area contributed by atoms with Gasteiger partial charge in [-0.25, -0.2) is 9.78 Å². The minimum Gasteiger partial charge on any atom is -0.444 e. The average molecular weight is 467 g/mol. The second-order valence-corrected chi connectivity index (χ2v) is 9.29. The van der Waals surface area contributed by atoms with Gasteiger partial charge in [0.1, 0.15) is 11.4 Å². The zero-order chi connectivity index (χ0) is 19.1. The number of benzene rings is 1. The molecule has 0 bridgehead atoms. The van der Waals surface area contributed by atoms with Crippen LogP contribution in [0.1, 0.15) is 52.9 Å². The summed E-state index contributed by atoms with van der Waals surface area (Å²) in [5.74, 6) is 1.21. The lowest BCUT2D eigenvalue weighted by Crippen LogP contribution is -2.41. The minimum atomic E-state index is -0.511. The highest BCUT2D eigenvalue weighted by Crippen LogP contribution is 2.40. The maximum Gasteiger partial charge on any atom is 0.411 e. The monoisotopic (exact) mass is 467 g/mol. The fourth-order valence-corrected chi connectivity index (χ4v) is 3.71. The lowest BCUT2D eigenvalue weighted by molar-refractivity contribution is 0.0140. The highest BCUT2D eigenvalue weighted by Gasteiger charge is 2.43. The number of rotatable bonds is 2. The number of halogens is 1. The molecule has 1 aliphatic heterocycles. The van der Waals surface area contributed by atoms with Gasteiger partial charge in [0.15, 0.2) is 0 Å². The van der Waals surface area contributed by atoms with E-state index in [2.05, 4.69) is 70.7 Å². The molecular formula is C20H26IN3O2. The number of aromatic amines is 1. The van der Waals surface area contributed by atoms with E-state index in [0.29, 0.717) is 5.92 Å². The number of hydrogen-bond donors (Lipinski definition) is 1. The van der Waals surface area contributed by atoms with Gasteiger partial charge in [0.2, 0.25) is 0 Å². The zero-order valence-corrected chi connectivity index (χ0v) is 18.1. The van der Waals surface area contributed by atoms with Crippen molar-refractivity contribution in [2.75, 3.05) is 0 Å². The average Bonchev–Trinajstić information content (AvgIpc) is 3.12.